The fraction of sp³-hybridized carbons (Fsp3) is 0.0870. The van der Waals surface area contributed by atoms with E-state index in [1.807, 2.05) is 78.9 Å². The van der Waals surface area contributed by atoms with Gasteiger partial charge in [-0.3, -0.25) is 0 Å². The van der Waals surface area contributed by atoms with E-state index < -0.39 is 0 Å². The van der Waals surface area contributed by atoms with Crippen molar-refractivity contribution < 1.29 is 9.47 Å². The minimum atomic E-state index is 0.478. The largest absolute Gasteiger partial charge is 0.493 e. The third kappa shape index (κ3) is 4.50. The summed E-state index contributed by atoms with van der Waals surface area (Å²) in [6, 6.07) is 25.5. The van der Waals surface area contributed by atoms with Crippen LogP contribution in [-0.4, -0.2) is 28.2 Å². The predicted octanol–water partition coefficient (Wildman–Crippen LogP) is 4.41. The molecule has 1 heterocycles. The zero-order chi connectivity index (χ0) is 19.9. The number of hydrogen-bond acceptors (Lipinski definition) is 5. The molecule has 0 amide bonds. The van der Waals surface area contributed by atoms with Crippen molar-refractivity contribution in [3.63, 3.8) is 0 Å². The van der Waals surface area contributed by atoms with Crippen LogP contribution in [-0.2, 0) is 6.61 Å². The van der Waals surface area contributed by atoms with Crippen LogP contribution in [0.2, 0.25) is 0 Å². The maximum atomic E-state index is 5.90. The van der Waals surface area contributed by atoms with Gasteiger partial charge in [0.1, 0.15) is 12.9 Å². The molecule has 0 saturated carbocycles. The SMILES string of the molecule is COc1cc(/C=N\n2cnnc2-c2ccccc2)ccc1OCc1ccccc1. The second-order valence-electron chi connectivity index (χ2n) is 6.29. The van der Waals surface area contributed by atoms with E-state index in [4.69, 9.17) is 9.47 Å². The Balaban J connectivity index is 1.51. The molecule has 6 heteroatoms. The lowest BCUT2D eigenvalue weighted by atomic mass is 10.2. The van der Waals surface area contributed by atoms with Gasteiger partial charge in [0.15, 0.2) is 17.3 Å². The fourth-order valence-corrected chi connectivity index (χ4v) is 2.84. The van der Waals surface area contributed by atoms with Crippen LogP contribution in [0.1, 0.15) is 11.1 Å². The van der Waals surface area contributed by atoms with Crippen molar-refractivity contribution in [1.29, 1.82) is 0 Å². The molecule has 0 spiro atoms. The van der Waals surface area contributed by atoms with Crippen molar-refractivity contribution in [1.82, 2.24) is 14.9 Å². The number of rotatable bonds is 7. The highest BCUT2D eigenvalue weighted by Crippen LogP contribution is 2.28. The van der Waals surface area contributed by atoms with Gasteiger partial charge in [0, 0.05) is 5.56 Å². The Labute approximate surface area is 169 Å². The molecule has 0 unspecified atom stereocenters. The molecule has 0 fully saturated rings. The maximum absolute atomic E-state index is 5.90. The second-order valence-corrected chi connectivity index (χ2v) is 6.29. The lowest BCUT2D eigenvalue weighted by molar-refractivity contribution is 0.284. The Morgan fingerprint density at radius 3 is 2.45 bits per heavy atom. The van der Waals surface area contributed by atoms with Gasteiger partial charge in [-0.1, -0.05) is 60.7 Å². The summed E-state index contributed by atoms with van der Waals surface area (Å²) >= 11 is 0. The fourth-order valence-electron chi connectivity index (χ4n) is 2.84. The highest BCUT2D eigenvalue weighted by atomic mass is 16.5. The molecule has 0 atom stereocenters. The molecule has 144 valence electrons. The van der Waals surface area contributed by atoms with Crippen molar-refractivity contribution in [2.45, 2.75) is 6.61 Å². The minimum absolute atomic E-state index is 0.478. The highest BCUT2D eigenvalue weighted by Gasteiger charge is 2.07. The van der Waals surface area contributed by atoms with Gasteiger partial charge in [-0.2, -0.15) is 9.78 Å². The molecule has 4 aromatic rings. The highest BCUT2D eigenvalue weighted by molar-refractivity contribution is 5.81. The van der Waals surface area contributed by atoms with Crippen molar-refractivity contribution >= 4 is 6.21 Å². The summed E-state index contributed by atoms with van der Waals surface area (Å²) in [5.74, 6) is 2.01. The van der Waals surface area contributed by atoms with Crippen LogP contribution in [0.4, 0.5) is 0 Å². The first kappa shape index (κ1) is 18.4. The van der Waals surface area contributed by atoms with E-state index in [0.29, 0.717) is 23.9 Å². The van der Waals surface area contributed by atoms with Gasteiger partial charge in [-0.25, -0.2) is 0 Å². The Morgan fingerprint density at radius 2 is 1.69 bits per heavy atom. The van der Waals surface area contributed by atoms with Gasteiger partial charge < -0.3 is 9.47 Å². The average molecular weight is 384 g/mol. The Hall–Kier alpha value is -3.93. The number of nitrogens with zero attached hydrogens (tertiary/aromatic N) is 4. The van der Waals surface area contributed by atoms with Crippen LogP contribution in [0.3, 0.4) is 0 Å². The number of aromatic nitrogens is 3. The van der Waals surface area contributed by atoms with Gasteiger partial charge in [-0.05, 0) is 29.3 Å². The van der Waals surface area contributed by atoms with Crippen molar-refractivity contribution in [3.05, 3.63) is 96.3 Å². The molecule has 0 saturated heterocycles. The number of ether oxygens (including phenoxy) is 2. The third-order valence-corrected chi connectivity index (χ3v) is 4.32. The molecule has 1 aromatic heterocycles. The van der Waals surface area contributed by atoms with E-state index >= 15 is 0 Å². The lowest BCUT2D eigenvalue weighted by Crippen LogP contribution is -1.98. The molecule has 0 radical (unpaired) electrons. The molecule has 0 aliphatic rings. The van der Waals surface area contributed by atoms with Crippen molar-refractivity contribution in [2.75, 3.05) is 7.11 Å². The van der Waals surface area contributed by atoms with Gasteiger partial charge >= 0.3 is 0 Å². The number of hydrogen-bond donors (Lipinski definition) is 0. The minimum Gasteiger partial charge on any atom is -0.493 e. The molecule has 0 aliphatic heterocycles. The number of methoxy groups -OCH3 is 1. The average Bonchev–Trinajstić information content (AvgIpc) is 3.26. The number of benzene rings is 3. The molecular weight excluding hydrogens is 364 g/mol. The van der Waals surface area contributed by atoms with Gasteiger partial charge in [0.05, 0.1) is 13.3 Å². The summed E-state index contributed by atoms with van der Waals surface area (Å²) in [7, 11) is 1.62. The summed E-state index contributed by atoms with van der Waals surface area (Å²) in [4.78, 5) is 0. The van der Waals surface area contributed by atoms with E-state index in [2.05, 4.69) is 15.3 Å². The molecule has 6 nitrogen and oxygen atoms in total. The first-order valence-corrected chi connectivity index (χ1v) is 9.18. The van der Waals surface area contributed by atoms with E-state index in [-0.39, 0.29) is 0 Å². The molecule has 4 rings (SSSR count). The van der Waals surface area contributed by atoms with E-state index in [1.54, 1.807) is 24.3 Å². The van der Waals surface area contributed by atoms with E-state index in [0.717, 1.165) is 16.7 Å². The second kappa shape index (κ2) is 8.84. The zero-order valence-corrected chi connectivity index (χ0v) is 16.0. The maximum Gasteiger partial charge on any atom is 0.184 e. The molecule has 29 heavy (non-hydrogen) atoms. The smallest absolute Gasteiger partial charge is 0.184 e. The first-order valence-electron chi connectivity index (χ1n) is 9.18. The Bertz CT molecular complexity index is 1090. The standard InChI is InChI=1S/C23H20N4O2/c1-28-22-14-19(12-13-21(22)29-16-18-8-4-2-5-9-18)15-25-27-17-24-26-23(27)20-10-6-3-7-11-20/h2-15,17H,16H2,1H3/b25-15-. The van der Waals surface area contributed by atoms with Crippen molar-refractivity contribution in [3.8, 4) is 22.9 Å². The van der Waals surface area contributed by atoms with Crippen LogP contribution >= 0.6 is 0 Å². The molecule has 3 aromatic carbocycles. The van der Waals surface area contributed by atoms with E-state index in [1.165, 1.54) is 0 Å². The van der Waals surface area contributed by atoms with E-state index in [9.17, 15) is 0 Å². The predicted molar refractivity (Wildman–Crippen MR) is 112 cm³/mol. The quantitative estimate of drug-likeness (QED) is 0.443. The monoisotopic (exact) mass is 384 g/mol. The van der Waals surface area contributed by atoms with Crippen LogP contribution in [0, 0.1) is 0 Å². The summed E-state index contributed by atoms with van der Waals surface area (Å²) in [5, 5.41) is 12.6. The summed E-state index contributed by atoms with van der Waals surface area (Å²) in [5.41, 5.74) is 2.92. The Morgan fingerprint density at radius 1 is 0.931 bits per heavy atom. The molecule has 0 aliphatic carbocycles. The van der Waals surface area contributed by atoms with Crippen molar-refractivity contribution in [2.24, 2.45) is 5.10 Å². The molecule has 0 N–H and O–H groups in total. The van der Waals surface area contributed by atoms with Crippen LogP contribution < -0.4 is 9.47 Å². The summed E-state index contributed by atoms with van der Waals surface area (Å²) in [6.45, 7) is 0.478. The zero-order valence-electron chi connectivity index (χ0n) is 16.0. The first-order chi connectivity index (χ1) is 14.3. The normalized spacial score (nSPS) is 10.9. The van der Waals surface area contributed by atoms with Crippen LogP contribution in [0.15, 0.2) is 90.3 Å². The van der Waals surface area contributed by atoms with Crippen LogP contribution in [0.5, 0.6) is 11.5 Å². The summed E-state index contributed by atoms with van der Waals surface area (Å²) < 4.78 is 13.0. The lowest BCUT2D eigenvalue weighted by Gasteiger charge is -2.11. The Kier molecular flexibility index (Phi) is 5.62. The molecular formula is C23H20N4O2. The van der Waals surface area contributed by atoms with Crippen LogP contribution in [0.25, 0.3) is 11.4 Å². The topological polar surface area (TPSA) is 61.5 Å². The third-order valence-electron chi connectivity index (χ3n) is 4.32. The van der Waals surface area contributed by atoms with Gasteiger partial charge in [0.2, 0.25) is 0 Å². The molecule has 0 bridgehead atoms. The van der Waals surface area contributed by atoms with Gasteiger partial charge in [0.25, 0.3) is 0 Å². The van der Waals surface area contributed by atoms with Gasteiger partial charge in [-0.15, -0.1) is 10.2 Å². The summed E-state index contributed by atoms with van der Waals surface area (Å²) in [6.07, 6.45) is 3.31.